The topological polar surface area (TPSA) is 54.8 Å². The molecule has 0 atom stereocenters. The highest BCUT2D eigenvalue weighted by atomic mass is 79.9. The summed E-state index contributed by atoms with van der Waals surface area (Å²) in [7, 11) is 1.63. The lowest BCUT2D eigenvalue weighted by Gasteiger charge is -2.28. The fourth-order valence-electron chi connectivity index (χ4n) is 3.95. The molecule has 0 saturated heterocycles. The largest absolute Gasteiger partial charge is 0.383 e. The predicted octanol–water partition coefficient (Wildman–Crippen LogP) is 5.46. The predicted molar refractivity (Wildman–Crippen MR) is 147 cm³/mol. The molecule has 7 heteroatoms. The van der Waals surface area contributed by atoms with Gasteiger partial charge in [-0.1, -0.05) is 66.2 Å². The van der Waals surface area contributed by atoms with Gasteiger partial charge in [0, 0.05) is 48.7 Å². The van der Waals surface area contributed by atoms with Gasteiger partial charge < -0.3 is 19.1 Å². The molecule has 0 bridgehead atoms. The Balaban J connectivity index is 1.77. The molecule has 1 aromatic heterocycles. The monoisotopic (exact) mass is 553 g/mol. The minimum atomic E-state index is -0.135. The first-order valence-electron chi connectivity index (χ1n) is 12.4. The van der Waals surface area contributed by atoms with Crippen LogP contribution in [0.4, 0.5) is 0 Å². The molecule has 36 heavy (non-hydrogen) atoms. The highest BCUT2D eigenvalue weighted by molar-refractivity contribution is 9.10. The lowest BCUT2D eigenvalue weighted by molar-refractivity contribution is -0.133. The van der Waals surface area contributed by atoms with Crippen molar-refractivity contribution in [3.05, 3.63) is 94.2 Å². The zero-order chi connectivity index (χ0) is 25.9. The SMILES string of the molecule is COCCN(Cc1cccn1Cc1ccccc1)C(=O)CN(CCC(C)C)C(=O)c1cccc(Br)c1. The summed E-state index contributed by atoms with van der Waals surface area (Å²) in [6.45, 7) is 6.86. The molecule has 0 aliphatic carbocycles. The number of halogens is 1. The van der Waals surface area contributed by atoms with E-state index in [2.05, 4.69) is 46.5 Å². The maximum absolute atomic E-state index is 13.6. The van der Waals surface area contributed by atoms with E-state index >= 15 is 0 Å². The number of carbonyl (C=O) groups excluding carboxylic acids is 2. The van der Waals surface area contributed by atoms with E-state index in [1.54, 1.807) is 29.0 Å². The zero-order valence-electron chi connectivity index (χ0n) is 21.4. The number of methoxy groups -OCH3 is 1. The summed E-state index contributed by atoms with van der Waals surface area (Å²) in [6, 6.07) is 21.6. The second kappa shape index (κ2) is 14.0. The van der Waals surface area contributed by atoms with Gasteiger partial charge in [0.1, 0.15) is 6.54 Å². The standard InChI is InChI=1S/C29H36BrN3O3/c1-23(2)14-16-33(29(35)25-11-7-12-26(30)19-25)22-28(34)32(17-18-36-3)21-27-13-8-15-31(27)20-24-9-5-4-6-10-24/h4-13,15,19,23H,14,16-18,20-22H2,1-3H3. The quantitative estimate of drug-likeness (QED) is 0.282. The summed E-state index contributed by atoms with van der Waals surface area (Å²) in [5.74, 6) is 0.194. The van der Waals surface area contributed by atoms with Crippen molar-refractivity contribution >= 4 is 27.7 Å². The smallest absolute Gasteiger partial charge is 0.254 e. The second-order valence-electron chi connectivity index (χ2n) is 9.34. The van der Waals surface area contributed by atoms with E-state index in [4.69, 9.17) is 4.74 Å². The summed E-state index contributed by atoms with van der Waals surface area (Å²) in [5, 5.41) is 0. The van der Waals surface area contributed by atoms with Crippen molar-refractivity contribution in [2.45, 2.75) is 33.4 Å². The molecule has 3 rings (SSSR count). The van der Waals surface area contributed by atoms with Crippen LogP contribution in [0.15, 0.2) is 77.4 Å². The van der Waals surface area contributed by atoms with Crippen LogP contribution in [-0.2, 0) is 22.6 Å². The Morgan fingerprint density at radius 1 is 0.972 bits per heavy atom. The molecule has 3 aromatic rings. The van der Waals surface area contributed by atoms with Gasteiger partial charge in [-0.3, -0.25) is 9.59 Å². The lowest BCUT2D eigenvalue weighted by atomic mass is 10.1. The fourth-order valence-corrected chi connectivity index (χ4v) is 4.35. The molecule has 0 unspecified atom stereocenters. The van der Waals surface area contributed by atoms with Crippen LogP contribution in [0.2, 0.25) is 0 Å². The number of benzene rings is 2. The average molecular weight is 555 g/mol. The van der Waals surface area contributed by atoms with Crippen LogP contribution in [-0.4, -0.2) is 59.5 Å². The summed E-state index contributed by atoms with van der Waals surface area (Å²) in [6.07, 6.45) is 2.86. The van der Waals surface area contributed by atoms with E-state index in [9.17, 15) is 9.59 Å². The van der Waals surface area contributed by atoms with E-state index in [1.807, 2.05) is 48.7 Å². The Bertz CT molecular complexity index is 1110. The molecule has 0 fully saturated rings. The van der Waals surface area contributed by atoms with E-state index in [1.165, 1.54) is 5.56 Å². The maximum Gasteiger partial charge on any atom is 0.254 e. The molecular weight excluding hydrogens is 518 g/mol. The van der Waals surface area contributed by atoms with Crippen LogP contribution in [0.25, 0.3) is 0 Å². The van der Waals surface area contributed by atoms with Crippen LogP contribution in [0, 0.1) is 5.92 Å². The van der Waals surface area contributed by atoms with E-state index in [-0.39, 0.29) is 18.4 Å². The van der Waals surface area contributed by atoms with Crippen LogP contribution in [0.3, 0.4) is 0 Å². The molecule has 6 nitrogen and oxygen atoms in total. The first-order valence-corrected chi connectivity index (χ1v) is 13.2. The molecule has 192 valence electrons. The Labute approximate surface area is 223 Å². The third-order valence-electron chi connectivity index (χ3n) is 6.05. The highest BCUT2D eigenvalue weighted by Gasteiger charge is 2.23. The Morgan fingerprint density at radius 2 is 1.75 bits per heavy atom. The van der Waals surface area contributed by atoms with Crippen molar-refractivity contribution in [2.24, 2.45) is 5.92 Å². The van der Waals surface area contributed by atoms with Crippen molar-refractivity contribution in [1.29, 1.82) is 0 Å². The van der Waals surface area contributed by atoms with E-state index in [0.717, 1.165) is 23.1 Å². The van der Waals surface area contributed by atoms with Crippen LogP contribution >= 0.6 is 15.9 Å². The highest BCUT2D eigenvalue weighted by Crippen LogP contribution is 2.16. The van der Waals surface area contributed by atoms with E-state index < -0.39 is 0 Å². The van der Waals surface area contributed by atoms with Gasteiger partial charge in [-0.25, -0.2) is 0 Å². The van der Waals surface area contributed by atoms with Crippen molar-refractivity contribution in [2.75, 3.05) is 33.4 Å². The first-order chi connectivity index (χ1) is 17.4. The van der Waals surface area contributed by atoms with Gasteiger partial charge >= 0.3 is 0 Å². The number of hydrogen-bond donors (Lipinski definition) is 0. The van der Waals surface area contributed by atoms with Gasteiger partial charge in [0.05, 0.1) is 13.2 Å². The summed E-state index contributed by atoms with van der Waals surface area (Å²) in [5.41, 5.74) is 2.81. The first kappa shape index (κ1) is 27.7. The van der Waals surface area contributed by atoms with Crippen molar-refractivity contribution in [1.82, 2.24) is 14.4 Å². The van der Waals surface area contributed by atoms with Gasteiger partial charge in [-0.05, 0) is 48.2 Å². The van der Waals surface area contributed by atoms with Crippen LogP contribution in [0.5, 0.6) is 0 Å². The van der Waals surface area contributed by atoms with Crippen LogP contribution in [0.1, 0.15) is 41.9 Å². The maximum atomic E-state index is 13.6. The molecule has 0 radical (unpaired) electrons. The van der Waals surface area contributed by atoms with E-state index in [0.29, 0.717) is 37.7 Å². The number of amides is 2. The van der Waals surface area contributed by atoms with Crippen molar-refractivity contribution in [3.8, 4) is 0 Å². The zero-order valence-corrected chi connectivity index (χ0v) is 23.0. The number of hydrogen-bond acceptors (Lipinski definition) is 3. The van der Waals surface area contributed by atoms with Gasteiger partial charge in [0.25, 0.3) is 5.91 Å². The lowest BCUT2D eigenvalue weighted by Crippen LogP contribution is -2.44. The van der Waals surface area contributed by atoms with Gasteiger partial charge in [-0.15, -0.1) is 0 Å². The van der Waals surface area contributed by atoms with Crippen molar-refractivity contribution in [3.63, 3.8) is 0 Å². The molecule has 1 heterocycles. The molecule has 2 aromatic carbocycles. The molecular formula is C29H36BrN3O3. The Hall–Kier alpha value is -2.90. The number of aromatic nitrogens is 1. The second-order valence-corrected chi connectivity index (χ2v) is 10.3. The molecule has 0 saturated carbocycles. The molecule has 0 N–H and O–H groups in total. The minimum absolute atomic E-state index is 0.0289. The molecule has 0 aliphatic rings. The number of carbonyl (C=O) groups is 2. The Morgan fingerprint density at radius 3 is 2.44 bits per heavy atom. The molecule has 2 amide bonds. The summed E-state index contributed by atoms with van der Waals surface area (Å²) < 4.78 is 8.29. The molecule has 0 spiro atoms. The summed E-state index contributed by atoms with van der Waals surface area (Å²) >= 11 is 3.45. The number of ether oxygens (including phenoxy) is 1. The Kier molecular flexibility index (Phi) is 10.8. The van der Waals surface area contributed by atoms with Gasteiger partial charge in [0.15, 0.2) is 0 Å². The number of rotatable bonds is 13. The average Bonchev–Trinajstić information content (AvgIpc) is 3.30. The normalized spacial score (nSPS) is 11.0. The van der Waals surface area contributed by atoms with Crippen LogP contribution < -0.4 is 0 Å². The third kappa shape index (κ3) is 8.35. The van der Waals surface area contributed by atoms with Gasteiger partial charge in [0.2, 0.25) is 5.91 Å². The third-order valence-corrected chi connectivity index (χ3v) is 6.54. The van der Waals surface area contributed by atoms with Gasteiger partial charge in [-0.2, -0.15) is 0 Å². The summed E-state index contributed by atoms with van der Waals surface area (Å²) in [4.78, 5) is 30.4. The minimum Gasteiger partial charge on any atom is -0.383 e. The number of nitrogens with zero attached hydrogens (tertiary/aromatic N) is 3. The molecule has 0 aliphatic heterocycles. The van der Waals surface area contributed by atoms with Crippen molar-refractivity contribution < 1.29 is 14.3 Å². The fraction of sp³-hybridized carbons (Fsp3) is 0.379.